The van der Waals surface area contributed by atoms with Crippen LogP contribution in [0.4, 0.5) is 0 Å². The van der Waals surface area contributed by atoms with Crippen LogP contribution in [0.1, 0.15) is 46.4 Å². The number of rotatable bonds is 6. The highest BCUT2D eigenvalue weighted by Gasteiger charge is 2.34. The number of carbonyl (C=O) groups excluding carboxylic acids is 1. The maximum absolute atomic E-state index is 13.3. The van der Waals surface area contributed by atoms with Crippen LogP contribution in [0.5, 0.6) is 0 Å². The number of hydrogen-bond acceptors (Lipinski definition) is 4. The second kappa shape index (κ2) is 8.39. The summed E-state index contributed by atoms with van der Waals surface area (Å²) in [7, 11) is -1.85. The number of sulfonamides is 1. The third-order valence-electron chi connectivity index (χ3n) is 5.66. The van der Waals surface area contributed by atoms with E-state index in [1.807, 2.05) is 17.5 Å². The molecule has 6 nitrogen and oxygen atoms in total. The van der Waals surface area contributed by atoms with Crippen LogP contribution in [0.3, 0.4) is 0 Å². The molecule has 0 unspecified atom stereocenters. The molecule has 0 aliphatic carbocycles. The number of aromatic nitrogens is 1. The van der Waals surface area contributed by atoms with Gasteiger partial charge in [-0.15, -0.1) is 11.3 Å². The third kappa shape index (κ3) is 4.04. The molecule has 154 valence electrons. The van der Waals surface area contributed by atoms with Gasteiger partial charge in [0.05, 0.1) is 0 Å². The molecular formula is C20H29N3O3S2. The summed E-state index contributed by atoms with van der Waals surface area (Å²) in [6.45, 7) is 7.27. The molecule has 1 aliphatic heterocycles. The van der Waals surface area contributed by atoms with E-state index >= 15 is 0 Å². The third-order valence-corrected chi connectivity index (χ3v) is 8.75. The molecule has 1 aliphatic rings. The van der Waals surface area contributed by atoms with Gasteiger partial charge in [-0.25, -0.2) is 8.42 Å². The van der Waals surface area contributed by atoms with Crippen LogP contribution in [0.25, 0.3) is 0 Å². The molecule has 0 spiro atoms. The molecule has 1 fully saturated rings. The SMILES string of the molecule is Cc1c(S(=O)(=O)N2CCC(C)CC2)c(C)n(C)c1C(=O)NCCc1cccs1. The van der Waals surface area contributed by atoms with E-state index in [1.54, 1.807) is 41.1 Å². The minimum Gasteiger partial charge on any atom is -0.350 e. The average molecular weight is 424 g/mol. The fourth-order valence-corrected chi connectivity index (χ4v) is 6.50. The summed E-state index contributed by atoms with van der Waals surface area (Å²) >= 11 is 1.66. The van der Waals surface area contributed by atoms with Crippen LogP contribution in [-0.4, -0.2) is 42.8 Å². The minimum atomic E-state index is -3.60. The first-order valence-electron chi connectivity index (χ1n) is 9.70. The van der Waals surface area contributed by atoms with Gasteiger partial charge in [-0.05, 0) is 50.5 Å². The van der Waals surface area contributed by atoms with E-state index in [0.29, 0.717) is 42.5 Å². The summed E-state index contributed by atoms with van der Waals surface area (Å²) in [6, 6.07) is 4.03. The number of carbonyl (C=O) groups is 1. The van der Waals surface area contributed by atoms with Gasteiger partial charge in [-0.2, -0.15) is 4.31 Å². The number of nitrogens with zero attached hydrogens (tertiary/aromatic N) is 2. The van der Waals surface area contributed by atoms with E-state index in [-0.39, 0.29) is 10.8 Å². The Labute approximate surface area is 171 Å². The monoisotopic (exact) mass is 423 g/mol. The summed E-state index contributed by atoms with van der Waals surface area (Å²) in [5, 5.41) is 4.95. The van der Waals surface area contributed by atoms with Crippen LogP contribution < -0.4 is 5.32 Å². The summed E-state index contributed by atoms with van der Waals surface area (Å²) in [4.78, 5) is 14.3. The van der Waals surface area contributed by atoms with Crippen molar-refractivity contribution in [1.82, 2.24) is 14.2 Å². The van der Waals surface area contributed by atoms with Gasteiger partial charge < -0.3 is 9.88 Å². The van der Waals surface area contributed by atoms with E-state index in [4.69, 9.17) is 0 Å². The van der Waals surface area contributed by atoms with Crippen molar-refractivity contribution in [3.05, 3.63) is 39.3 Å². The van der Waals surface area contributed by atoms with E-state index in [0.717, 1.165) is 19.3 Å². The van der Waals surface area contributed by atoms with Crippen molar-refractivity contribution in [2.24, 2.45) is 13.0 Å². The number of amides is 1. The maximum Gasteiger partial charge on any atom is 0.268 e. The quantitative estimate of drug-likeness (QED) is 0.776. The van der Waals surface area contributed by atoms with E-state index in [1.165, 1.54) is 4.88 Å². The lowest BCUT2D eigenvalue weighted by atomic mass is 10.0. The normalized spacial score (nSPS) is 16.4. The highest BCUT2D eigenvalue weighted by Crippen LogP contribution is 2.31. The van der Waals surface area contributed by atoms with E-state index < -0.39 is 10.0 Å². The molecule has 1 N–H and O–H groups in total. The summed E-state index contributed by atoms with van der Waals surface area (Å²) < 4.78 is 29.8. The minimum absolute atomic E-state index is 0.228. The van der Waals surface area contributed by atoms with Crippen LogP contribution in [0.2, 0.25) is 0 Å². The molecule has 28 heavy (non-hydrogen) atoms. The molecule has 1 saturated heterocycles. The van der Waals surface area contributed by atoms with Crippen molar-refractivity contribution in [3.63, 3.8) is 0 Å². The molecule has 3 rings (SSSR count). The van der Waals surface area contributed by atoms with Crippen molar-refractivity contribution in [3.8, 4) is 0 Å². The number of hydrogen-bond donors (Lipinski definition) is 1. The zero-order chi connectivity index (χ0) is 20.5. The Kier molecular flexibility index (Phi) is 6.31. The number of piperidine rings is 1. The van der Waals surface area contributed by atoms with Gasteiger partial charge in [0.2, 0.25) is 10.0 Å². The van der Waals surface area contributed by atoms with Gasteiger partial charge in [0.1, 0.15) is 10.6 Å². The predicted octanol–water partition coefficient (Wildman–Crippen LogP) is 3.10. The van der Waals surface area contributed by atoms with Gasteiger partial charge in [0.25, 0.3) is 5.91 Å². The first-order valence-corrected chi connectivity index (χ1v) is 12.0. The van der Waals surface area contributed by atoms with Gasteiger partial charge in [0.15, 0.2) is 0 Å². The Morgan fingerprint density at radius 1 is 1.29 bits per heavy atom. The van der Waals surface area contributed by atoms with Gasteiger partial charge in [0, 0.05) is 42.8 Å². The Balaban J connectivity index is 1.81. The van der Waals surface area contributed by atoms with Gasteiger partial charge >= 0.3 is 0 Å². The second-order valence-electron chi connectivity index (χ2n) is 7.62. The molecule has 1 amide bonds. The Hall–Kier alpha value is -1.64. The van der Waals surface area contributed by atoms with Crippen LogP contribution in [0.15, 0.2) is 22.4 Å². The smallest absolute Gasteiger partial charge is 0.268 e. The predicted molar refractivity (Wildman–Crippen MR) is 112 cm³/mol. The first kappa shape index (κ1) is 21.1. The van der Waals surface area contributed by atoms with Crippen LogP contribution in [-0.2, 0) is 23.5 Å². The summed E-state index contributed by atoms with van der Waals surface area (Å²) in [5.41, 5.74) is 1.57. The maximum atomic E-state index is 13.3. The zero-order valence-electron chi connectivity index (χ0n) is 17.0. The molecule has 2 aromatic heterocycles. The number of nitrogens with one attached hydrogen (secondary N) is 1. The lowest BCUT2D eigenvalue weighted by Crippen LogP contribution is -2.38. The largest absolute Gasteiger partial charge is 0.350 e. The molecule has 0 radical (unpaired) electrons. The van der Waals surface area contributed by atoms with Crippen molar-refractivity contribution in [1.29, 1.82) is 0 Å². The van der Waals surface area contributed by atoms with Crippen molar-refractivity contribution in [2.45, 2.75) is 44.9 Å². The molecule has 8 heteroatoms. The molecule has 3 heterocycles. The molecule has 0 aromatic carbocycles. The molecule has 0 saturated carbocycles. The van der Waals surface area contributed by atoms with Crippen LogP contribution >= 0.6 is 11.3 Å². The highest BCUT2D eigenvalue weighted by molar-refractivity contribution is 7.89. The lowest BCUT2D eigenvalue weighted by Gasteiger charge is -2.29. The van der Waals surface area contributed by atoms with E-state index in [9.17, 15) is 13.2 Å². The van der Waals surface area contributed by atoms with Crippen LogP contribution in [0, 0.1) is 19.8 Å². The van der Waals surface area contributed by atoms with Gasteiger partial charge in [-0.1, -0.05) is 13.0 Å². The molecule has 0 atom stereocenters. The Bertz CT molecular complexity index is 938. The van der Waals surface area contributed by atoms with Gasteiger partial charge in [-0.3, -0.25) is 4.79 Å². The highest BCUT2D eigenvalue weighted by atomic mass is 32.2. The van der Waals surface area contributed by atoms with E-state index in [2.05, 4.69) is 12.2 Å². The molecule has 2 aromatic rings. The Morgan fingerprint density at radius 3 is 2.57 bits per heavy atom. The standard InChI is InChI=1S/C20H29N3O3S2/c1-14-8-11-23(12-9-14)28(25,26)19-15(2)18(22(4)16(19)3)20(24)21-10-7-17-6-5-13-27-17/h5-6,13-14H,7-12H2,1-4H3,(H,21,24). The fourth-order valence-electron chi connectivity index (χ4n) is 3.85. The van der Waals surface area contributed by atoms with Crippen molar-refractivity contribution in [2.75, 3.05) is 19.6 Å². The zero-order valence-corrected chi connectivity index (χ0v) is 18.6. The number of thiophene rings is 1. The van der Waals surface area contributed by atoms with Crippen molar-refractivity contribution >= 4 is 27.3 Å². The first-order chi connectivity index (χ1) is 13.2. The Morgan fingerprint density at radius 2 is 1.96 bits per heavy atom. The average Bonchev–Trinajstić information content (AvgIpc) is 3.22. The topological polar surface area (TPSA) is 71.4 Å². The fraction of sp³-hybridized carbons (Fsp3) is 0.550. The van der Waals surface area contributed by atoms with Crippen molar-refractivity contribution < 1.29 is 13.2 Å². The molecule has 0 bridgehead atoms. The summed E-state index contributed by atoms with van der Waals surface area (Å²) in [6.07, 6.45) is 2.52. The lowest BCUT2D eigenvalue weighted by molar-refractivity contribution is 0.0945. The second-order valence-corrected chi connectivity index (χ2v) is 10.5. The summed E-state index contributed by atoms with van der Waals surface area (Å²) in [5.74, 6) is 0.322. The molecular weight excluding hydrogens is 394 g/mol.